The number of ether oxygens (including phenoxy) is 3. The van der Waals surface area contributed by atoms with Gasteiger partial charge in [-0.25, -0.2) is 9.59 Å². The molecule has 9 nitrogen and oxygen atoms in total. The van der Waals surface area contributed by atoms with Crippen LogP contribution in [0.1, 0.15) is 53.5 Å². The van der Waals surface area contributed by atoms with Crippen LogP contribution in [0.25, 0.3) is 0 Å². The van der Waals surface area contributed by atoms with E-state index in [1.165, 1.54) is 12.1 Å². The van der Waals surface area contributed by atoms with Crippen molar-refractivity contribution in [1.82, 2.24) is 5.32 Å². The molecule has 1 atom stereocenters. The molecule has 0 aromatic heterocycles. The van der Waals surface area contributed by atoms with Crippen LogP contribution in [0.5, 0.6) is 0 Å². The second-order valence-corrected chi connectivity index (χ2v) is 10.9. The van der Waals surface area contributed by atoms with E-state index in [1.54, 1.807) is 53.7 Å². The topological polar surface area (TPSA) is 117 Å². The van der Waals surface area contributed by atoms with E-state index >= 15 is 0 Å². The van der Waals surface area contributed by atoms with Gasteiger partial charge in [-0.1, -0.05) is 17.7 Å². The van der Waals surface area contributed by atoms with Crippen molar-refractivity contribution in [1.29, 1.82) is 0 Å². The average Bonchev–Trinajstić information content (AvgIpc) is 2.58. The molecule has 0 heterocycles. The first kappa shape index (κ1) is 27.9. The van der Waals surface area contributed by atoms with E-state index in [2.05, 4.69) is 5.32 Å². The Hall–Kier alpha value is -2.17. The summed E-state index contributed by atoms with van der Waals surface area (Å²) in [6.07, 6.45) is -0.580. The molecule has 0 bridgehead atoms. The summed E-state index contributed by atoms with van der Waals surface area (Å²) in [5.41, 5.74) is -0.433. The van der Waals surface area contributed by atoms with Crippen LogP contribution in [0.3, 0.4) is 0 Å². The third-order valence-corrected chi connectivity index (χ3v) is 5.02. The minimum absolute atomic E-state index is 0.0425. The van der Waals surface area contributed by atoms with Gasteiger partial charge in [-0.3, -0.25) is 4.18 Å². The Morgan fingerprint density at radius 1 is 0.969 bits per heavy atom. The van der Waals surface area contributed by atoms with E-state index < -0.39 is 39.4 Å². The predicted octanol–water partition coefficient (Wildman–Crippen LogP) is 3.34. The van der Waals surface area contributed by atoms with Crippen molar-refractivity contribution in [3.63, 3.8) is 0 Å². The normalized spacial score (nSPS) is 13.3. The molecular weight excluding hydrogens is 438 g/mol. The lowest BCUT2D eigenvalue weighted by Gasteiger charge is -2.24. The van der Waals surface area contributed by atoms with E-state index in [-0.39, 0.29) is 31.1 Å². The van der Waals surface area contributed by atoms with Crippen LogP contribution in [-0.2, 0) is 33.3 Å². The Bertz CT molecular complexity index is 851. The highest BCUT2D eigenvalue weighted by atomic mass is 32.2. The largest absolute Gasteiger partial charge is 0.458 e. The number of rotatable bonds is 10. The molecule has 0 spiro atoms. The summed E-state index contributed by atoms with van der Waals surface area (Å²) < 4.78 is 45.6. The SMILES string of the molecule is Cc1ccc(S(=O)(=O)OCC[C@@H](COCC(=O)OC(C)(C)C)NC(=O)OC(C)(C)C)cc1. The summed E-state index contributed by atoms with van der Waals surface area (Å²) in [5, 5.41) is 2.62. The number of alkyl carbamates (subject to hydrolysis) is 1. The van der Waals surface area contributed by atoms with E-state index in [0.717, 1.165) is 5.56 Å². The summed E-state index contributed by atoms with van der Waals surface area (Å²) in [6, 6.07) is 5.62. The Morgan fingerprint density at radius 3 is 2.06 bits per heavy atom. The molecule has 0 saturated heterocycles. The van der Waals surface area contributed by atoms with Crippen LogP contribution in [-0.4, -0.2) is 57.5 Å². The second-order valence-electron chi connectivity index (χ2n) is 9.32. The van der Waals surface area contributed by atoms with Gasteiger partial charge in [0.15, 0.2) is 0 Å². The minimum Gasteiger partial charge on any atom is -0.458 e. The molecule has 1 N–H and O–H groups in total. The second kappa shape index (κ2) is 11.6. The van der Waals surface area contributed by atoms with Crippen LogP contribution in [0.15, 0.2) is 29.2 Å². The summed E-state index contributed by atoms with van der Waals surface area (Å²) in [7, 11) is -3.94. The van der Waals surface area contributed by atoms with Gasteiger partial charge in [0.25, 0.3) is 10.1 Å². The lowest BCUT2D eigenvalue weighted by Crippen LogP contribution is -2.42. The molecule has 0 aliphatic rings. The number of carbonyl (C=O) groups is 2. The molecule has 0 saturated carbocycles. The number of carbonyl (C=O) groups excluding carboxylic acids is 2. The lowest BCUT2D eigenvalue weighted by molar-refractivity contribution is -0.160. The maximum Gasteiger partial charge on any atom is 0.407 e. The first-order valence-electron chi connectivity index (χ1n) is 10.3. The Morgan fingerprint density at radius 2 is 1.53 bits per heavy atom. The van der Waals surface area contributed by atoms with Crippen molar-refractivity contribution in [2.75, 3.05) is 19.8 Å². The van der Waals surface area contributed by atoms with Crippen LogP contribution in [0.2, 0.25) is 0 Å². The van der Waals surface area contributed by atoms with Gasteiger partial charge in [-0.15, -0.1) is 0 Å². The molecule has 1 amide bonds. The number of hydrogen-bond donors (Lipinski definition) is 1. The third-order valence-electron chi connectivity index (χ3n) is 3.69. The molecule has 0 radical (unpaired) electrons. The van der Waals surface area contributed by atoms with Gasteiger partial charge in [0.05, 0.1) is 24.2 Å². The van der Waals surface area contributed by atoms with Crippen molar-refractivity contribution in [3.8, 4) is 0 Å². The maximum absolute atomic E-state index is 12.3. The molecule has 1 rings (SSSR count). The Kier molecular flexibility index (Phi) is 10.1. The van der Waals surface area contributed by atoms with Crippen LogP contribution in [0, 0.1) is 6.92 Å². The van der Waals surface area contributed by atoms with Gasteiger partial charge < -0.3 is 19.5 Å². The minimum atomic E-state index is -3.94. The highest BCUT2D eigenvalue weighted by molar-refractivity contribution is 7.86. The van der Waals surface area contributed by atoms with Gasteiger partial charge >= 0.3 is 12.1 Å². The Labute approximate surface area is 190 Å². The van der Waals surface area contributed by atoms with Crippen molar-refractivity contribution >= 4 is 22.2 Å². The number of aryl methyl sites for hydroxylation is 1. The monoisotopic (exact) mass is 473 g/mol. The average molecular weight is 474 g/mol. The fraction of sp³-hybridized carbons (Fsp3) is 0.636. The van der Waals surface area contributed by atoms with Crippen molar-refractivity contribution in [2.24, 2.45) is 0 Å². The zero-order valence-corrected chi connectivity index (χ0v) is 20.7. The fourth-order valence-corrected chi connectivity index (χ4v) is 3.32. The molecular formula is C22H35NO8S. The van der Waals surface area contributed by atoms with E-state index in [4.69, 9.17) is 18.4 Å². The lowest BCUT2D eigenvalue weighted by atomic mass is 10.2. The fourth-order valence-electron chi connectivity index (χ4n) is 2.40. The van der Waals surface area contributed by atoms with Crippen LogP contribution >= 0.6 is 0 Å². The van der Waals surface area contributed by atoms with Crippen molar-refractivity contribution < 1.29 is 36.4 Å². The third kappa shape index (κ3) is 12.0. The molecule has 1 aromatic rings. The first-order valence-corrected chi connectivity index (χ1v) is 11.7. The van der Waals surface area contributed by atoms with Crippen LogP contribution in [0.4, 0.5) is 4.79 Å². The standard InChI is InChI=1S/C22H35NO8S/c1-16-8-10-18(11-9-16)32(26,27)29-13-12-17(23-20(25)31-22(5,6)7)14-28-15-19(24)30-21(2,3)4/h8-11,17H,12-15H2,1-7H3,(H,23,25)/t17-/m0/s1. The van der Waals surface area contributed by atoms with Gasteiger partial charge in [0.2, 0.25) is 0 Å². The number of hydrogen-bond acceptors (Lipinski definition) is 8. The van der Waals surface area contributed by atoms with E-state index in [1.807, 2.05) is 6.92 Å². The summed E-state index contributed by atoms with van der Waals surface area (Å²) in [4.78, 5) is 24.0. The zero-order valence-electron chi connectivity index (χ0n) is 19.9. The highest BCUT2D eigenvalue weighted by Gasteiger charge is 2.22. The van der Waals surface area contributed by atoms with E-state index in [0.29, 0.717) is 0 Å². The molecule has 32 heavy (non-hydrogen) atoms. The van der Waals surface area contributed by atoms with Gasteiger partial charge in [0.1, 0.15) is 17.8 Å². The quantitative estimate of drug-likeness (QED) is 0.406. The summed E-state index contributed by atoms with van der Waals surface area (Å²) >= 11 is 0. The number of benzene rings is 1. The van der Waals surface area contributed by atoms with Gasteiger partial charge in [-0.05, 0) is 67.0 Å². The number of nitrogens with one attached hydrogen (secondary N) is 1. The molecule has 0 fully saturated rings. The molecule has 10 heteroatoms. The highest BCUT2D eigenvalue weighted by Crippen LogP contribution is 2.14. The Balaban J connectivity index is 2.68. The summed E-state index contributed by atoms with van der Waals surface area (Å²) in [6.45, 7) is 11.6. The van der Waals surface area contributed by atoms with Gasteiger partial charge in [0, 0.05) is 0 Å². The molecule has 0 aliphatic carbocycles. The van der Waals surface area contributed by atoms with Crippen molar-refractivity contribution in [3.05, 3.63) is 29.8 Å². The van der Waals surface area contributed by atoms with Crippen molar-refractivity contribution in [2.45, 2.75) is 77.0 Å². The predicted molar refractivity (Wildman–Crippen MR) is 119 cm³/mol. The van der Waals surface area contributed by atoms with Gasteiger partial charge in [-0.2, -0.15) is 8.42 Å². The van der Waals surface area contributed by atoms with Crippen LogP contribution < -0.4 is 5.32 Å². The molecule has 0 unspecified atom stereocenters. The maximum atomic E-state index is 12.3. The molecule has 0 aliphatic heterocycles. The summed E-state index contributed by atoms with van der Waals surface area (Å²) in [5.74, 6) is -0.549. The zero-order chi connectivity index (χ0) is 24.6. The van der Waals surface area contributed by atoms with E-state index in [9.17, 15) is 18.0 Å². The number of esters is 1. The first-order chi connectivity index (χ1) is 14.6. The smallest absolute Gasteiger partial charge is 0.407 e. The number of amides is 1. The molecule has 1 aromatic carbocycles. The molecule has 182 valence electrons.